The Morgan fingerprint density at radius 3 is 2.43 bits per heavy atom. The van der Waals surface area contributed by atoms with Crippen LogP contribution in [0.4, 0.5) is 0 Å². The molecule has 2 aromatic carbocycles. The Hall–Kier alpha value is -2.71. The highest BCUT2D eigenvalue weighted by molar-refractivity contribution is 6.11. The van der Waals surface area contributed by atoms with Crippen LogP contribution < -0.4 is 9.47 Å². The number of aromatic hydroxyl groups is 1. The molecule has 1 spiro atoms. The van der Waals surface area contributed by atoms with Gasteiger partial charge in [-0.2, -0.15) is 0 Å². The standard InChI is InChI=1S/C38H48O16/c1-15-12-19-24(25(40)23-18(26(19)44-6)10-9-11-20(23)39)27-22(15)28-31-37(46-8,52-27)36(14-47-36)38(53-28,54-31)33(45-7)51-32-35(5,43)30(17(3)49-32)50-21-13-34(4,42)29(41)16(2)48-21/h12,16-17,21,28-33,40-43H,9-11,13-14H2,1-8H3/t16?,17?,21?,28?,29?,30?,31?,32?,33?,34?,35?,36-,37+,38?/m0/s1. The van der Waals surface area contributed by atoms with Crippen molar-refractivity contribution in [3.8, 4) is 17.2 Å². The lowest BCUT2D eigenvalue weighted by Gasteiger charge is -2.49. The molecule has 2 bridgehead atoms. The van der Waals surface area contributed by atoms with Crippen molar-refractivity contribution in [2.24, 2.45) is 0 Å². The van der Waals surface area contributed by atoms with Crippen molar-refractivity contribution in [3.63, 3.8) is 0 Å². The number of hydrogen-bond donors (Lipinski definition) is 4. The van der Waals surface area contributed by atoms with E-state index in [2.05, 4.69) is 0 Å². The summed E-state index contributed by atoms with van der Waals surface area (Å²) in [4.78, 5) is 13.2. The highest BCUT2D eigenvalue weighted by Gasteiger charge is 2.93. The highest BCUT2D eigenvalue weighted by Crippen LogP contribution is 2.72. The molecule has 0 saturated carbocycles. The van der Waals surface area contributed by atoms with Crippen LogP contribution in [0.3, 0.4) is 0 Å². The third kappa shape index (κ3) is 4.53. The number of epoxide rings is 1. The molecule has 6 heterocycles. The second kappa shape index (κ2) is 11.9. The monoisotopic (exact) mass is 760 g/mol. The number of benzene rings is 2. The van der Waals surface area contributed by atoms with E-state index >= 15 is 0 Å². The van der Waals surface area contributed by atoms with E-state index in [9.17, 15) is 25.2 Å². The highest BCUT2D eigenvalue weighted by atomic mass is 16.9. The molecule has 5 fully saturated rings. The van der Waals surface area contributed by atoms with Gasteiger partial charge in [-0.25, -0.2) is 0 Å². The van der Waals surface area contributed by atoms with Crippen LogP contribution in [-0.2, 0) is 49.1 Å². The SMILES string of the molecule is COc1c2c(c(O)c3c4c(c(C)cc13)C1OC3(C(OC)OC5OC(C)C(OC6CC(C)(O)C(O)C(C)O6)C5(C)O)OC1[C@@](OC)(O4)[C@@]31CO1)C(=O)CCC2. The number of hydrogen-bond acceptors (Lipinski definition) is 16. The fourth-order valence-electron chi connectivity index (χ4n) is 10.0. The van der Waals surface area contributed by atoms with Crippen molar-refractivity contribution >= 4 is 16.6 Å². The Kier molecular flexibility index (Phi) is 8.14. The number of aliphatic hydroxyl groups is 3. The van der Waals surface area contributed by atoms with Crippen LogP contribution in [-0.4, -0.2) is 132 Å². The number of carbonyl (C=O) groups is 1. The molecule has 54 heavy (non-hydrogen) atoms. The van der Waals surface area contributed by atoms with Gasteiger partial charge >= 0.3 is 0 Å². The number of phenols is 1. The predicted molar refractivity (Wildman–Crippen MR) is 182 cm³/mol. The number of Topliss-reactive ketones (excluding diaryl/α,β-unsaturated/α-hetero) is 1. The van der Waals surface area contributed by atoms with E-state index in [4.69, 9.17) is 52.1 Å². The first-order chi connectivity index (χ1) is 25.5. The van der Waals surface area contributed by atoms with Gasteiger partial charge in [0.2, 0.25) is 11.9 Å². The minimum absolute atomic E-state index is 0.0442. The fraction of sp³-hybridized carbons (Fsp3) is 0.711. The van der Waals surface area contributed by atoms with Crippen molar-refractivity contribution in [1.82, 2.24) is 0 Å². The molecule has 5 saturated heterocycles. The van der Waals surface area contributed by atoms with Crippen LogP contribution in [0.25, 0.3) is 10.8 Å². The number of methoxy groups -OCH3 is 3. The molecule has 16 nitrogen and oxygen atoms in total. The molecular weight excluding hydrogens is 712 g/mol. The maximum absolute atomic E-state index is 13.2. The topological polar surface area (TPSA) is 203 Å². The number of aliphatic hydroxyl groups excluding tert-OH is 1. The van der Waals surface area contributed by atoms with E-state index in [1.54, 1.807) is 21.0 Å². The van der Waals surface area contributed by atoms with E-state index in [1.165, 1.54) is 28.1 Å². The molecule has 9 rings (SSSR count). The summed E-state index contributed by atoms with van der Waals surface area (Å²) >= 11 is 0. The van der Waals surface area contributed by atoms with E-state index in [-0.39, 0.29) is 35.9 Å². The third-order valence-electron chi connectivity index (χ3n) is 12.7. The van der Waals surface area contributed by atoms with Gasteiger partial charge < -0.3 is 72.5 Å². The lowest BCUT2D eigenvalue weighted by Crippen LogP contribution is -2.70. The zero-order chi connectivity index (χ0) is 38.5. The predicted octanol–water partition coefficient (Wildman–Crippen LogP) is 2.17. The molecule has 14 atom stereocenters. The third-order valence-corrected chi connectivity index (χ3v) is 12.7. The van der Waals surface area contributed by atoms with Crippen molar-refractivity contribution in [1.29, 1.82) is 0 Å². The van der Waals surface area contributed by atoms with Gasteiger partial charge in [0.1, 0.15) is 41.2 Å². The lowest BCUT2D eigenvalue weighted by atomic mass is 9.78. The van der Waals surface area contributed by atoms with Gasteiger partial charge in [0.25, 0.3) is 11.6 Å². The quantitative estimate of drug-likeness (QED) is 0.225. The summed E-state index contributed by atoms with van der Waals surface area (Å²) in [6.45, 7) is 8.27. The summed E-state index contributed by atoms with van der Waals surface area (Å²) in [5, 5.41) is 45.8. The second-order valence-electron chi connectivity index (χ2n) is 16.1. The Morgan fingerprint density at radius 2 is 1.78 bits per heavy atom. The van der Waals surface area contributed by atoms with Crippen molar-refractivity contribution < 1.29 is 77.3 Å². The van der Waals surface area contributed by atoms with E-state index < -0.39 is 83.9 Å². The molecule has 4 N–H and O–H groups in total. The Morgan fingerprint density at radius 1 is 1.04 bits per heavy atom. The van der Waals surface area contributed by atoms with Crippen molar-refractivity contribution in [2.75, 3.05) is 27.9 Å². The van der Waals surface area contributed by atoms with E-state index in [0.29, 0.717) is 46.9 Å². The molecule has 0 radical (unpaired) electrons. The van der Waals surface area contributed by atoms with E-state index in [0.717, 1.165) is 5.56 Å². The van der Waals surface area contributed by atoms with Gasteiger partial charge in [-0.05, 0) is 59.1 Å². The minimum Gasteiger partial charge on any atom is -0.506 e. The summed E-state index contributed by atoms with van der Waals surface area (Å²) in [5.74, 6) is -3.07. The first-order valence-electron chi connectivity index (χ1n) is 18.5. The van der Waals surface area contributed by atoms with Crippen LogP contribution in [0.2, 0.25) is 0 Å². The molecule has 7 aliphatic rings. The van der Waals surface area contributed by atoms with E-state index in [1.807, 2.05) is 13.0 Å². The maximum Gasteiger partial charge on any atom is 0.277 e. The Bertz CT molecular complexity index is 1910. The van der Waals surface area contributed by atoms with Gasteiger partial charge in [0, 0.05) is 43.6 Å². The molecule has 16 heteroatoms. The van der Waals surface area contributed by atoms with Gasteiger partial charge in [-0.1, -0.05) is 0 Å². The van der Waals surface area contributed by atoms with Gasteiger partial charge in [0.15, 0.2) is 24.5 Å². The molecule has 6 aliphatic heterocycles. The molecule has 0 amide bonds. The number of ether oxygens (including phenoxy) is 11. The largest absolute Gasteiger partial charge is 0.506 e. The molecule has 0 aromatic heterocycles. The number of aryl methyl sites for hydroxylation is 1. The summed E-state index contributed by atoms with van der Waals surface area (Å²) < 4.78 is 69.4. The smallest absolute Gasteiger partial charge is 0.277 e. The molecule has 1 aliphatic carbocycles. The van der Waals surface area contributed by atoms with Gasteiger partial charge in [0.05, 0.1) is 42.5 Å². The molecule has 2 aromatic rings. The lowest BCUT2D eigenvalue weighted by molar-refractivity contribution is -0.382. The number of phenolic OH excluding ortho intramolecular Hbond substituents is 1. The molecule has 296 valence electrons. The summed E-state index contributed by atoms with van der Waals surface area (Å²) in [6, 6.07) is 1.88. The van der Waals surface area contributed by atoms with Crippen LogP contribution in [0.1, 0.15) is 80.1 Å². The average molecular weight is 761 g/mol. The zero-order valence-electron chi connectivity index (χ0n) is 31.5. The van der Waals surface area contributed by atoms with Gasteiger partial charge in [-0.3, -0.25) is 4.79 Å². The number of rotatable bonds is 8. The fourth-order valence-corrected chi connectivity index (χ4v) is 10.0. The van der Waals surface area contributed by atoms with Crippen LogP contribution in [0.5, 0.6) is 17.2 Å². The van der Waals surface area contributed by atoms with Crippen LogP contribution >= 0.6 is 0 Å². The summed E-state index contributed by atoms with van der Waals surface area (Å²) in [7, 11) is 4.40. The van der Waals surface area contributed by atoms with Crippen molar-refractivity contribution in [2.45, 2.75) is 144 Å². The van der Waals surface area contributed by atoms with Crippen LogP contribution in [0, 0.1) is 6.92 Å². The normalized spacial score (nSPS) is 45.1. The maximum atomic E-state index is 13.2. The number of ketones is 1. The number of fused-ring (bicyclic) bond motifs is 8. The second-order valence-corrected chi connectivity index (χ2v) is 16.1. The Balaban J connectivity index is 1.07. The average Bonchev–Trinajstić information content (AvgIpc) is 3.72. The minimum atomic E-state index is -1.81. The van der Waals surface area contributed by atoms with Gasteiger partial charge in [-0.15, -0.1) is 0 Å². The van der Waals surface area contributed by atoms with Crippen LogP contribution in [0.15, 0.2) is 6.07 Å². The summed E-state index contributed by atoms with van der Waals surface area (Å²) in [5.41, 5.74) is -2.53. The first kappa shape index (κ1) is 36.9. The first-order valence-corrected chi connectivity index (χ1v) is 18.5. The molecular formula is C38H48O16. The van der Waals surface area contributed by atoms with Crippen molar-refractivity contribution in [3.05, 3.63) is 28.3 Å². The number of carbonyl (C=O) groups excluding carboxylic acids is 1. The Labute approximate surface area is 311 Å². The molecule has 12 unspecified atom stereocenters. The summed E-state index contributed by atoms with van der Waals surface area (Å²) in [6.07, 6.45) is -7.54. The zero-order valence-corrected chi connectivity index (χ0v) is 31.5.